The zero-order valence-corrected chi connectivity index (χ0v) is 16.1. The number of hydrogen-bond acceptors (Lipinski definition) is 8. The lowest BCUT2D eigenvalue weighted by atomic mass is 10.1. The van der Waals surface area contributed by atoms with Gasteiger partial charge >= 0.3 is 0 Å². The van der Waals surface area contributed by atoms with E-state index in [9.17, 15) is 5.11 Å². The van der Waals surface area contributed by atoms with E-state index >= 15 is 0 Å². The summed E-state index contributed by atoms with van der Waals surface area (Å²) in [4.78, 5) is 12.0. The molecule has 9 heteroatoms. The molecule has 4 N–H and O–H groups in total. The van der Waals surface area contributed by atoms with Crippen molar-refractivity contribution < 1.29 is 9.84 Å². The quantitative estimate of drug-likeness (QED) is 0.576. The molecular weight excluding hydrogens is 386 g/mol. The molecule has 138 valence electrons. The molecule has 1 aromatic carbocycles. The van der Waals surface area contributed by atoms with E-state index in [1.54, 1.807) is 43.8 Å². The molecule has 0 aliphatic heterocycles. The molecule has 1 atom stereocenters. The molecule has 0 amide bonds. The van der Waals surface area contributed by atoms with Gasteiger partial charge < -0.3 is 20.9 Å². The summed E-state index contributed by atoms with van der Waals surface area (Å²) in [5.41, 5.74) is 5.53. The van der Waals surface area contributed by atoms with Crippen LogP contribution in [0.15, 0.2) is 36.0 Å². The average Bonchev–Trinajstić information content (AvgIpc) is 3.19. The molecule has 27 heavy (non-hydrogen) atoms. The number of thiazole rings is 1. The van der Waals surface area contributed by atoms with Crippen LogP contribution in [0.3, 0.4) is 0 Å². The monoisotopic (exact) mass is 401 g/mol. The molecule has 0 fully saturated rings. The largest absolute Gasteiger partial charge is 0.495 e. The number of nitrogens with one attached hydrogen (secondary N) is 1. The first kappa shape index (κ1) is 18.9. The normalized spacial score (nSPS) is 12.6. The van der Waals surface area contributed by atoms with Crippen molar-refractivity contribution >= 4 is 40.4 Å². The van der Waals surface area contributed by atoms with Gasteiger partial charge in [-0.25, -0.2) is 9.97 Å². The van der Waals surface area contributed by atoms with Gasteiger partial charge in [0.05, 0.1) is 19.0 Å². The minimum atomic E-state index is -1.34. The lowest BCUT2D eigenvalue weighted by Crippen LogP contribution is -2.17. The Balaban J connectivity index is 1.93. The van der Waals surface area contributed by atoms with E-state index in [4.69, 9.17) is 22.1 Å². The van der Waals surface area contributed by atoms with Crippen molar-refractivity contribution in [3.8, 4) is 17.6 Å². The Labute approximate surface area is 165 Å². The van der Waals surface area contributed by atoms with Gasteiger partial charge in [-0.3, -0.25) is 0 Å². The Morgan fingerprint density at radius 2 is 2.19 bits per heavy atom. The molecule has 0 aliphatic carbocycles. The highest BCUT2D eigenvalue weighted by atomic mass is 35.5. The van der Waals surface area contributed by atoms with Gasteiger partial charge in [0.15, 0.2) is 11.4 Å². The number of nitrogens with zero attached hydrogens (tertiary/aromatic N) is 3. The van der Waals surface area contributed by atoms with Crippen LogP contribution in [-0.2, 0) is 5.60 Å². The third kappa shape index (κ3) is 4.46. The van der Waals surface area contributed by atoms with Crippen LogP contribution < -0.4 is 15.8 Å². The third-order valence-electron chi connectivity index (χ3n) is 3.51. The summed E-state index contributed by atoms with van der Waals surface area (Å²) in [5, 5.41) is 16.2. The number of nitrogen functional groups attached to an aromatic ring is 1. The average molecular weight is 402 g/mol. The van der Waals surface area contributed by atoms with Crippen LogP contribution in [0.25, 0.3) is 0 Å². The van der Waals surface area contributed by atoms with Gasteiger partial charge in [0.1, 0.15) is 15.8 Å². The summed E-state index contributed by atoms with van der Waals surface area (Å²) >= 11 is 7.45. The molecule has 2 aromatic heterocycles. The zero-order valence-electron chi connectivity index (χ0n) is 14.5. The van der Waals surface area contributed by atoms with Crippen molar-refractivity contribution in [3.05, 3.63) is 51.6 Å². The van der Waals surface area contributed by atoms with Gasteiger partial charge in [-0.15, -0.1) is 11.3 Å². The Bertz CT molecular complexity index is 1010. The molecule has 0 bridgehead atoms. The SMILES string of the molecule is COc1ccc(C#C[C@@](C)(O)c2nccs2)cc1Nc1nc(N)ncc1Cl. The van der Waals surface area contributed by atoms with Crippen LogP contribution in [0.1, 0.15) is 17.5 Å². The van der Waals surface area contributed by atoms with Crippen molar-refractivity contribution in [1.82, 2.24) is 15.0 Å². The fraction of sp³-hybridized carbons (Fsp3) is 0.167. The Hall–Kier alpha value is -2.86. The van der Waals surface area contributed by atoms with E-state index in [1.807, 2.05) is 0 Å². The molecule has 0 saturated heterocycles. The van der Waals surface area contributed by atoms with E-state index in [0.717, 1.165) is 0 Å². The second-order valence-corrected chi connectivity index (χ2v) is 6.93. The van der Waals surface area contributed by atoms with E-state index in [-0.39, 0.29) is 5.95 Å². The van der Waals surface area contributed by atoms with Crippen LogP contribution in [0, 0.1) is 11.8 Å². The number of benzene rings is 1. The van der Waals surface area contributed by atoms with Crippen LogP contribution in [0.4, 0.5) is 17.5 Å². The van der Waals surface area contributed by atoms with Crippen LogP contribution in [0.2, 0.25) is 5.02 Å². The van der Waals surface area contributed by atoms with Crippen molar-refractivity contribution in [2.75, 3.05) is 18.2 Å². The molecule has 0 unspecified atom stereocenters. The number of hydrogen-bond donors (Lipinski definition) is 3. The van der Waals surface area contributed by atoms with Crippen molar-refractivity contribution in [1.29, 1.82) is 0 Å². The maximum Gasteiger partial charge on any atom is 0.222 e. The number of anilines is 3. The number of rotatable bonds is 4. The lowest BCUT2D eigenvalue weighted by molar-refractivity contribution is 0.122. The smallest absolute Gasteiger partial charge is 0.222 e. The first-order chi connectivity index (χ1) is 12.9. The second kappa shape index (κ2) is 7.80. The van der Waals surface area contributed by atoms with E-state index in [1.165, 1.54) is 17.5 Å². The summed E-state index contributed by atoms with van der Waals surface area (Å²) in [5.74, 6) is 6.81. The van der Waals surface area contributed by atoms with Crippen molar-refractivity contribution in [2.24, 2.45) is 0 Å². The molecule has 7 nitrogen and oxygen atoms in total. The van der Waals surface area contributed by atoms with Gasteiger partial charge in [0.2, 0.25) is 5.95 Å². The van der Waals surface area contributed by atoms with Gasteiger partial charge in [-0.1, -0.05) is 23.4 Å². The number of aromatic nitrogens is 3. The second-order valence-electron chi connectivity index (χ2n) is 5.62. The minimum absolute atomic E-state index is 0.0938. The highest BCUT2D eigenvalue weighted by Gasteiger charge is 2.22. The summed E-state index contributed by atoms with van der Waals surface area (Å²) in [7, 11) is 1.55. The van der Waals surface area contributed by atoms with Gasteiger partial charge in [0, 0.05) is 17.1 Å². The molecule has 0 spiro atoms. The maximum absolute atomic E-state index is 10.5. The number of methoxy groups -OCH3 is 1. The fourth-order valence-corrected chi connectivity index (χ4v) is 2.98. The summed E-state index contributed by atoms with van der Waals surface area (Å²) in [6, 6.07) is 5.30. The maximum atomic E-state index is 10.5. The van der Waals surface area contributed by atoms with E-state index < -0.39 is 5.60 Å². The molecule has 2 heterocycles. The number of nitrogens with two attached hydrogens (primary N) is 1. The van der Waals surface area contributed by atoms with Gasteiger partial charge in [-0.05, 0) is 25.1 Å². The number of aliphatic hydroxyl groups is 1. The molecule has 3 aromatic rings. The molecular formula is C18H16ClN5O2S. The summed E-state index contributed by atoms with van der Waals surface area (Å²) in [6.07, 6.45) is 3.04. The first-order valence-electron chi connectivity index (χ1n) is 7.77. The highest BCUT2D eigenvalue weighted by molar-refractivity contribution is 7.09. The van der Waals surface area contributed by atoms with Crippen LogP contribution >= 0.6 is 22.9 Å². The fourth-order valence-electron chi connectivity index (χ4n) is 2.19. The highest BCUT2D eigenvalue weighted by Crippen LogP contribution is 2.31. The summed E-state index contributed by atoms with van der Waals surface area (Å²) < 4.78 is 5.36. The zero-order chi connectivity index (χ0) is 19.4. The third-order valence-corrected chi connectivity index (χ3v) is 4.77. The van der Waals surface area contributed by atoms with Crippen LogP contribution in [-0.4, -0.2) is 27.2 Å². The molecule has 3 rings (SSSR count). The predicted molar refractivity (Wildman–Crippen MR) is 106 cm³/mol. The topological polar surface area (TPSA) is 106 Å². The number of halogens is 1. The Morgan fingerprint density at radius 1 is 1.37 bits per heavy atom. The predicted octanol–water partition coefficient (Wildman–Crippen LogP) is 3.18. The Kier molecular flexibility index (Phi) is 5.46. The molecule has 0 aliphatic rings. The standard InChI is InChI=1S/C18H16ClN5O2S/c1-18(25,16-21-7-8-27-16)6-5-11-3-4-14(26-2)13(9-11)23-15-12(19)10-22-17(20)24-15/h3-4,7-10,25H,1-2H3,(H3,20,22,23,24)/t18-/m1/s1. The number of ether oxygens (including phenoxy) is 1. The summed E-state index contributed by atoms with van der Waals surface area (Å²) in [6.45, 7) is 1.60. The molecule has 0 saturated carbocycles. The minimum Gasteiger partial charge on any atom is -0.495 e. The van der Waals surface area contributed by atoms with E-state index in [0.29, 0.717) is 32.8 Å². The van der Waals surface area contributed by atoms with Crippen molar-refractivity contribution in [2.45, 2.75) is 12.5 Å². The Morgan fingerprint density at radius 3 is 2.89 bits per heavy atom. The lowest BCUT2D eigenvalue weighted by Gasteiger charge is -2.13. The van der Waals surface area contributed by atoms with Crippen LogP contribution in [0.5, 0.6) is 5.75 Å². The first-order valence-corrected chi connectivity index (χ1v) is 9.03. The van der Waals surface area contributed by atoms with Crippen molar-refractivity contribution in [3.63, 3.8) is 0 Å². The molecule has 0 radical (unpaired) electrons. The van der Waals surface area contributed by atoms with Gasteiger partial charge in [0.25, 0.3) is 0 Å². The van der Waals surface area contributed by atoms with Gasteiger partial charge in [-0.2, -0.15) is 4.98 Å². The van der Waals surface area contributed by atoms with E-state index in [2.05, 4.69) is 32.1 Å².